The minimum absolute atomic E-state index is 0.0693. The van der Waals surface area contributed by atoms with Crippen molar-refractivity contribution in [3.05, 3.63) is 46.6 Å². The monoisotopic (exact) mass is 300 g/mol. The van der Waals surface area contributed by atoms with Gasteiger partial charge in [-0.25, -0.2) is 0 Å². The highest BCUT2D eigenvalue weighted by atomic mass is 16.2. The van der Waals surface area contributed by atoms with E-state index in [1.165, 1.54) is 16.7 Å². The average Bonchev–Trinajstić information content (AvgIpc) is 2.77. The SMILES string of the molecule is Cc1cc(NC(=O)CN[C@@H](C)c2cccc(C)c2C)n(C)n1. The molecule has 0 saturated heterocycles. The van der Waals surface area contributed by atoms with E-state index in [2.05, 4.69) is 48.6 Å². The first kappa shape index (κ1) is 16.2. The van der Waals surface area contributed by atoms with Crippen LogP contribution >= 0.6 is 0 Å². The Labute approximate surface area is 131 Å². The van der Waals surface area contributed by atoms with Gasteiger partial charge in [0.05, 0.1) is 12.2 Å². The number of hydrogen-bond acceptors (Lipinski definition) is 3. The van der Waals surface area contributed by atoms with Crippen LogP contribution in [0, 0.1) is 20.8 Å². The summed E-state index contributed by atoms with van der Waals surface area (Å²) in [6.07, 6.45) is 0. The maximum atomic E-state index is 12.0. The number of aromatic nitrogens is 2. The molecule has 0 aliphatic carbocycles. The number of nitrogens with zero attached hydrogens (tertiary/aromatic N) is 2. The molecule has 1 aromatic carbocycles. The maximum Gasteiger partial charge on any atom is 0.239 e. The second-order valence-electron chi connectivity index (χ2n) is 5.73. The Bertz CT molecular complexity index is 675. The molecular formula is C17H24N4O. The van der Waals surface area contributed by atoms with E-state index in [0.29, 0.717) is 5.82 Å². The lowest BCUT2D eigenvalue weighted by Crippen LogP contribution is -2.31. The van der Waals surface area contributed by atoms with Gasteiger partial charge in [-0.05, 0) is 44.4 Å². The molecule has 0 spiro atoms. The third kappa shape index (κ3) is 3.74. The first-order chi connectivity index (χ1) is 10.4. The topological polar surface area (TPSA) is 59.0 Å². The van der Waals surface area contributed by atoms with E-state index in [1.807, 2.05) is 26.1 Å². The number of anilines is 1. The van der Waals surface area contributed by atoms with Gasteiger partial charge in [0.2, 0.25) is 5.91 Å². The number of hydrogen-bond donors (Lipinski definition) is 2. The van der Waals surface area contributed by atoms with Gasteiger partial charge in [-0.15, -0.1) is 0 Å². The lowest BCUT2D eigenvalue weighted by Gasteiger charge is -2.17. The van der Waals surface area contributed by atoms with Crippen molar-refractivity contribution in [2.24, 2.45) is 7.05 Å². The van der Waals surface area contributed by atoms with Crippen molar-refractivity contribution in [1.82, 2.24) is 15.1 Å². The highest BCUT2D eigenvalue weighted by Gasteiger charge is 2.12. The maximum absolute atomic E-state index is 12.0. The second-order valence-corrected chi connectivity index (χ2v) is 5.73. The fourth-order valence-electron chi connectivity index (χ4n) is 2.51. The first-order valence-electron chi connectivity index (χ1n) is 7.48. The molecule has 5 nitrogen and oxygen atoms in total. The molecule has 118 valence electrons. The molecule has 2 rings (SSSR count). The Hall–Kier alpha value is -2.14. The number of rotatable bonds is 5. The molecule has 0 unspecified atom stereocenters. The van der Waals surface area contributed by atoms with Crippen LogP contribution in [-0.2, 0) is 11.8 Å². The van der Waals surface area contributed by atoms with Crippen LogP contribution in [0.25, 0.3) is 0 Å². The summed E-state index contributed by atoms with van der Waals surface area (Å²) in [5, 5.41) is 10.3. The van der Waals surface area contributed by atoms with Gasteiger partial charge in [0.1, 0.15) is 5.82 Å². The van der Waals surface area contributed by atoms with Gasteiger partial charge < -0.3 is 10.6 Å². The van der Waals surface area contributed by atoms with Crippen LogP contribution in [0.15, 0.2) is 24.3 Å². The van der Waals surface area contributed by atoms with E-state index in [9.17, 15) is 4.79 Å². The molecule has 0 saturated carbocycles. The lowest BCUT2D eigenvalue weighted by molar-refractivity contribution is -0.115. The third-order valence-electron chi connectivity index (χ3n) is 3.95. The zero-order valence-electron chi connectivity index (χ0n) is 13.9. The summed E-state index contributed by atoms with van der Waals surface area (Å²) in [5.41, 5.74) is 4.64. The number of carbonyl (C=O) groups is 1. The fourth-order valence-corrected chi connectivity index (χ4v) is 2.51. The van der Waals surface area contributed by atoms with Crippen LogP contribution in [0.5, 0.6) is 0 Å². The summed E-state index contributed by atoms with van der Waals surface area (Å²) >= 11 is 0. The van der Waals surface area contributed by atoms with Crippen LogP contribution in [0.4, 0.5) is 5.82 Å². The van der Waals surface area contributed by atoms with Crippen molar-refractivity contribution in [3.63, 3.8) is 0 Å². The van der Waals surface area contributed by atoms with Crippen molar-refractivity contribution < 1.29 is 4.79 Å². The predicted molar refractivity (Wildman–Crippen MR) is 88.9 cm³/mol. The molecule has 0 radical (unpaired) electrons. The molecule has 1 aromatic heterocycles. The van der Waals surface area contributed by atoms with Gasteiger partial charge in [0, 0.05) is 19.2 Å². The van der Waals surface area contributed by atoms with E-state index in [4.69, 9.17) is 0 Å². The van der Waals surface area contributed by atoms with E-state index in [1.54, 1.807) is 4.68 Å². The van der Waals surface area contributed by atoms with Gasteiger partial charge in [0.15, 0.2) is 0 Å². The second kappa shape index (κ2) is 6.75. The zero-order valence-corrected chi connectivity index (χ0v) is 13.9. The predicted octanol–water partition coefficient (Wildman–Crippen LogP) is 2.63. The van der Waals surface area contributed by atoms with Crippen LogP contribution in [0.3, 0.4) is 0 Å². The highest BCUT2D eigenvalue weighted by molar-refractivity contribution is 5.91. The Morgan fingerprint density at radius 1 is 1.32 bits per heavy atom. The third-order valence-corrected chi connectivity index (χ3v) is 3.95. The summed E-state index contributed by atoms with van der Waals surface area (Å²) < 4.78 is 1.67. The standard InChI is InChI=1S/C17H24N4O/c1-11-7-6-8-15(13(11)3)14(4)18-10-17(22)19-16-9-12(2)20-21(16)5/h6-9,14,18H,10H2,1-5H3,(H,19,22)/t14-/m0/s1. The van der Waals surface area contributed by atoms with Crippen molar-refractivity contribution >= 4 is 11.7 Å². The Morgan fingerprint density at radius 2 is 2.05 bits per heavy atom. The molecule has 0 bridgehead atoms. The molecule has 1 amide bonds. The van der Waals surface area contributed by atoms with E-state index in [-0.39, 0.29) is 18.5 Å². The van der Waals surface area contributed by atoms with Crippen molar-refractivity contribution in [2.45, 2.75) is 33.7 Å². The average molecular weight is 300 g/mol. The van der Waals surface area contributed by atoms with Gasteiger partial charge in [-0.2, -0.15) is 5.10 Å². The summed E-state index contributed by atoms with van der Waals surface area (Å²) in [6, 6.07) is 8.23. The van der Waals surface area contributed by atoms with Crippen molar-refractivity contribution in [3.8, 4) is 0 Å². The van der Waals surface area contributed by atoms with Gasteiger partial charge in [0.25, 0.3) is 0 Å². The molecule has 1 atom stereocenters. The molecule has 0 aliphatic rings. The first-order valence-corrected chi connectivity index (χ1v) is 7.48. The number of carbonyl (C=O) groups excluding carboxylic acids is 1. The van der Waals surface area contributed by atoms with Gasteiger partial charge in [-0.3, -0.25) is 9.48 Å². The molecular weight excluding hydrogens is 276 g/mol. The molecule has 0 aliphatic heterocycles. The number of aryl methyl sites for hydroxylation is 3. The minimum atomic E-state index is -0.0693. The Balaban J connectivity index is 1.93. The van der Waals surface area contributed by atoms with E-state index >= 15 is 0 Å². The highest BCUT2D eigenvalue weighted by Crippen LogP contribution is 2.19. The molecule has 1 heterocycles. The van der Waals surface area contributed by atoms with Crippen LogP contribution in [-0.4, -0.2) is 22.2 Å². The fraction of sp³-hybridized carbons (Fsp3) is 0.412. The number of amides is 1. The number of nitrogens with one attached hydrogen (secondary N) is 2. The molecule has 22 heavy (non-hydrogen) atoms. The molecule has 2 N–H and O–H groups in total. The smallest absolute Gasteiger partial charge is 0.239 e. The normalized spacial score (nSPS) is 12.2. The van der Waals surface area contributed by atoms with Gasteiger partial charge >= 0.3 is 0 Å². The molecule has 0 fully saturated rings. The van der Waals surface area contributed by atoms with Crippen LogP contribution in [0.1, 0.15) is 35.3 Å². The van der Waals surface area contributed by atoms with E-state index < -0.39 is 0 Å². The molecule has 5 heteroatoms. The van der Waals surface area contributed by atoms with Crippen molar-refractivity contribution in [1.29, 1.82) is 0 Å². The zero-order chi connectivity index (χ0) is 16.3. The summed E-state index contributed by atoms with van der Waals surface area (Å²) in [6.45, 7) is 8.45. The Kier molecular flexibility index (Phi) is 4.98. The minimum Gasteiger partial charge on any atom is -0.310 e. The van der Waals surface area contributed by atoms with Crippen molar-refractivity contribution in [2.75, 3.05) is 11.9 Å². The largest absolute Gasteiger partial charge is 0.310 e. The van der Waals surface area contributed by atoms with Crippen LogP contribution in [0.2, 0.25) is 0 Å². The number of benzene rings is 1. The lowest BCUT2D eigenvalue weighted by atomic mass is 9.98. The summed E-state index contributed by atoms with van der Waals surface area (Å²) in [4.78, 5) is 12.0. The molecule has 2 aromatic rings. The van der Waals surface area contributed by atoms with Crippen LogP contribution < -0.4 is 10.6 Å². The quantitative estimate of drug-likeness (QED) is 0.892. The van der Waals surface area contributed by atoms with E-state index in [0.717, 1.165) is 5.69 Å². The van der Waals surface area contributed by atoms with Gasteiger partial charge in [-0.1, -0.05) is 18.2 Å². The summed E-state index contributed by atoms with van der Waals surface area (Å²) in [5.74, 6) is 0.642. The summed E-state index contributed by atoms with van der Waals surface area (Å²) in [7, 11) is 1.81. The Morgan fingerprint density at radius 3 is 2.68 bits per heavy atom.